The molecule has 0 bridgehead atoms. The molecule has 0 saturated carbocycles. The summed E-state index contributed by atoms with van der Waals surface area (Å²) in [7, 11) is 1.83. The smallest absolute Gasteiger partial charge is 0.259 e. The van der Waals surface area contributed by atoms with Gasteiger partial charge in [0.05, 0.1) is 34.2 Å². The van der Waals surface area contributed by atoms with E-state index in [1.807, 2.05) is 37.8 Å². The number of nitrogens with one attached hydrogen (secondary N) is 1. The molecule has 0 atom stereocenters. The molecular weight excluding hydrogens is 370 g/mol. The summed E-state index contributed by atoms with van der Waals surface area (Å²) >= 11 is 0. The third-order valence-corrected chi connectivity index (χ3v) is 4.80. The maximum atomic E-state index is 12.9. The Morgan fingerprint density at radius 1 is 1.24 bits per heavy atom. The van der Waals surface area contributed by atoms with Crippen molar-refractivity contribution in [2.75, 3.05) is 6.54 Å². The summed E-state index contributed by atoms with van der Waals surface area (Å²) < 4.78 is 8.97. The Balaban J connectivity index is 1.53. The van der Waals surface area contributed by atoms with Crippen molar-refractivity contribution in [1.29, 1.82) is 0 Å². The second kappa shape index (κ2) is 7.50. The number of aryl methyl sites for hydroxylation is 5. The van der Waals surface area contributed by atoms with Gasteiger partial charge in [-0.2, -0.15) is 10.2 Å². The van der Waals surface area contributed by atoms with Crippen LogP contribution >= 0.6 is 0 Å². The van der Waals surface area contributed by atoms with E-state index in [9.17, 15) is 4.79 Å². The van der Waals surface area contributed by atoms with Gasteiger partial charge in [-0.25, -0.2) is 4.98 Å². The van der Waals surface area contributed by atoms with E-state index >= 15 is 0 Å². The number of aromatic nitrogens is 6. The molecule has 0 saturated heterocycles. The maximum Gasteiger partial charge on any atom is 0.259 e. The van der Waals surface area contributed by atoms with E-state index in [4.69, 9.17) is 4.52 Å². The van der Waals surface area contributed by atoms with Crippen LogP contribution in [-0.2, 0) is 13.6 Å². The van der Waals surface area contributed by atoms with E-state index in [0.717, 1.165) is 29.9 Å². The van der Waals surface area contributed by atoms with Crippen molar-refractivity contribution in [1.82, 2.24) is 35.0 Å². The largest absolute Gasteiger partial charge is 0.352 e. The van der Waals surface area contributed by atoms with Gasteiger partial charge in [-0.05, 0) is 39.3 Å². The van der Waals surface area contributed by atoms with Crippen molar-refractivity contribution < 1.29 is 9.32 Å². The van der Waals surface area contributed by atoms with E-state index < -0.39 is 0 Å². The van der Waals surface area contributed by atoms with Crippen LogP contribution in [-0.4, -0.2) is 42.2 Å². The Morgan fingerprint density at radius 2 is 2.07 bits per heavy atom. The minimum Gasteiger partial charge on any atom is -0.352 e. The highest BCUT2D eigenvalue weighted by atomic mass is 16.5. The Hall–Kier alpha value is -3.49. The van der Waals surface area contributed by atoms with Crippen LogP contribution in [0.2, 0.25) is 0 Å². The standard InChI is InChI=1S/C20H23N7O2/c1-12-8-13(2)27(24-12)7-5-6-21-19(28)16-9-17(15-10-22-26(4)11-15)23-20-18(16)14(3)25-29-20/h8-11H,5-7H2,1-4H3,(H,21,28). The zero-order chi connectivity index (χ0) is 20.5. The molecule has 0 radical (unpaired) electrons. The Bertz CT molecular complexity index is 1190. The minimum atomic E-state index is -0.179. The normalized spacial score (nSPS) is 11.3. The molecule has 0 unspecified atom stereocenters. The molecule has 29 heavy (non-hydrogen) atoms. The lowest BCUT2D eigenvalue weighted by molar-refractivity contribution is 0.0954. The number of amides is 1. The van der Waals surface area contributed by atoms with Crippen molar-refractivity contribution in [3.8, 4) is 11.3 Å². The molecule has 1 N–H and O–H groups in total. The molecule has 0 aliphatic heterocycles. The van der Waals surface area contributed by atoms with Gasteiger partial charge in [0.15, 0.2) is 0 Å². The number of rotatable bonds is 6. The second-order valence-corrected chi connectivity index (χ2v) is 7.17. The van der Waals surface area contributed by atoms with Crippen molar-refractivity contribution >= 4 is 17.0 Å². The Kier molecular flexibility index (Phi) is 4.87. The fraction of sp³-hybridized carbons (Fsp3) is 0.350. The predicted molar refractivity (Wildman–Crippen MR) is 107 cm³/mol. The van der Waals surface area contributed by atoms with Gasteiger partial charge in [0.25, 0.3) is 11.6 Å². The molecule has 4 aromatic heterocycles. The van der Waals surface area contributed by atoms with Gasteiger partial charge in [-0.3, -0.25) is 14.2 Å². The molecule has 1 amide bonds. The average Bonchev–Trinajstić information content (AvgIpc) is 3.37. The molecule has 150 valence electrons. The molecule has 0 spiro atoms. The number of pyridine rings is 1. The predicted octanol–water partition coefficient (Wildman–Crippen LogP) is 2.57. The van der Waals surface area contributed by atoms with Gasteiger partial charge in [-0.15, -0.1) is 0 Å². The lowest BCUT2D eigenvalue weighted by Crippen LogP contribution is -2.26. The van der Waals surface area contributed by atoms with E-state index in [0.29, 0.717) is 34.6 Å². The SMILES string of the molecule is Cc1cc(C)n(CCCNC(=O)c2cc(-c3cnn(C)c3)nc3onc(C)c23)n1. The number of fused-ring (bicyclic) bond motifs is 1. The third kappa shape index (κ3) is 3.75. The zero-order valence-corrected chi connectivity index (χ0v) is 16.9. The van der Waals surface area contributed by atoms with Crippen molar-refractivity contribution in [3.63, 3.8) is 0 Å². The topological polar surface area (TPSA) is 104 Å². The van der Waals surface area contributed by atoms with Gasteiger partial charge in [-0.1, -0.05) is 5.16 Å². The van der Waals surface area contributed by atoms with Crippen molar-refractivity contribution in [3.05, 3.63) is 47.2 Å². The number of hydrogen-bond donors (Lipinski definition) is 1. The van der Waals surface area contributed by atoms with Crippen molar-refractivity contribution in [2.24, 2.45) is 7.05 Å². The maximum absolute atomic E-state index is 12.9. The lowest BCUT2D eigenvalue weighted by Gasteiger charge is -2.08. The summed E-state index contributed by atoms with van der Waals surface area (Å²) in [6, 6.07) is 3.81. The average molecular weight is 393 g/mol. The van der Waals surface area contributed by atoms with Crippen LogP contribution in [0.15, 0.2) is 29.0 Å². The first kappa shape index (κ1) is 18.9. The zero-order valence-electron chi connectivity index (χ0n) is 16.9. The molecule has 0 aromatic carbocycles. The van der Waals surface area contributed by atoms with E-state index in [2.05, 4.69) is 25.7 Å². The first-order valence-electron chi connectivity index (χ1n) is 9.47. The van der Waals surface area contributed by atoms with E-state index in [1.165, 1.54) is 0 Å². The van der Waals surface area contributed by atoms with Crippen LogP contribution in [0.4, 0.5) is 0 Å². The first-order valence-corrected chi connectivity index (χ1v) is 9.47. The quantitative estimate of drug-likeness (QED) is 0.505. The number of carbonyl (C=O) groups excluding carboxylic acids is 1. The molecule has 9 heteroatoms. The third-order valence-electron chi connectivity index (χ3n) is 4.80. The Labute approximate surface area is 167 Å². The van der Waals surface area contributed by atoms with Gasteiger partial charge in [0, 0.05) is 37.6 Å². The molecular formula is C20H23N7O2. The Morgan fingerprint density at radius 3 is 2.76 bits per heavy atom. The van der Waals surface area contributed by atoms with Gasteiger partial charge < -0.3 is 9.84 Å². The molecule has 0 fully saturated rings. The van der Waals surface area contributed by atoms with Crippen LogP contribution in [0, 0.1) is 20.8 Å². The summed E-state index contributed by atoms with van der Waals surface area (Å²) in [6.45, 7) is 7.09. The van der Waals surface area contributed by atoms with Crippen LogP contribution in [0.25, 0.3) is 22.4 Å². The van der Waals surface area contributed by atoms with E-state index in [-0.39, 0.29) is 5.91 Å². The van der Waals surface area contributed by atoms with Crippen LogP contribution in [0.5, 0.6) is 0 Å². The highest BCUT2D eigenvalue weighted by Crippen LogP contribution is 2.26. The molecule has 0 aliphatic carbocycles. The molecule has 0 aliphatic rings. The number of nitrogens with zero attached hydrogens (tertiary/aromatic N) is 6. The summed E-state index contributed by atoms with van der Waals surface area (Å²) in [5.74, 6) is -0.179. The number of carbonyl (C=O) groups is 1. The van der Waals surface area contributed by atoms with Gasteiger partial charge >= 0.3 is 0 Å². The van der Waals surface area contributed by atoms with Gasteiger partial charge in [0.1, 0.15) is 0 Å². The summed E-state index contributed by atoms with van der Waals surface area (Å²) in [4.78, 5) is 17.4. The summed E-state index contributed by atoms with van der Waals surface area (Å²) in [6.07, 6.45) is 4.32. The van der Waals surface area contributed by atoms with Crippen molar-refractivity contribution in [2.45, 2.75) is 33.7 Å². The highest BCUT2D eigenvalue weighted by molar-refractivity contribution is 6.06. The molecule has 4 aromatic rings. The van der Waals surface area contributed by atoms with Crippen LogP contribution in [0.3, 0.4) is 0 Å². The summed E-state index contributed by atoms with van der Waals surface area (Å²) in [5.41, 5.74) is 5.02. The fourth-order valence-corrected chi connectivity index (χ4v) is 3.40. The first-order chi connectivity index (χ1) is 13.9. The fourth-order valence-electron chi connectivity index (χ4n) is 3.40. The summed E-state index contributed by atoms with van der Waals surface area (Å²) in [5, 5.41) is 16.2. The van der Waals surface area contributed by atoms with Crippen LogP contribution < -0.4 is 5.32 Å². The van der Waals surface area contributed by atoms with E-state index in [1.54, 1.807) is 23.9 Å². The lowest BCUT2D eigenvalue weighted by atomic mass is 10.1. The number of hydrogen-bond acceptors (Lipinski definition) is 6. The molecule has 4 heterocycles. The van der Waals surface area contributed by atoms with Gasteiger partial charge in [0.2, 0.25) is 0 Å². The van der Waals surface area contributed by atoms with Crippen LogP contribution in [0.1, 0.15) is 33.9 Å². The molecule has 4 rings (SSSR count). The second-order valence-electron chi connectivity index (χ2n) is 7.17. The monoisotopic (exact) mass is 393 g/mol. The minimum absolute atomic E-state index is 0.179. The highest BCUT2D eigenvalue weighted by Gasteiger charge is 2.19. The molecule has 9 nitrogen and oxygen atoms in total.